The molecule has 7 nitrogen and oxygen atoms in total. The number of thiophene rings is 1. The Hall–Kier alpha value is -1.69. The molecule has 29 heavy (non-hydrogen) atoms. The molecule has 0 unspecified atom stereocenters. The van der Waals surface area contributed by atoms with E-state index in [1.54, 1.807) is 18.4 Å². The Bertz CT molecular complexity index is 656. The highest BCUT2D eigenvalue weighted by atomic mass is 32.1. The molecule has 1 aromatic heterocycles. The van der Waals surface area contributed by atoms with Crippen LogP contribution in [0.5, 0.6) is 0 Å². The molecule has 2 saturated heterocycles. The highest BCUT2D eigenvalue weighted by Crippen LogP contribution is 2.33. The SMILES string of the molecule is COCCNC(=O)[C@H]1C[C@@H]2CCN(Cc3ccsc3)C[C@@H]2O1.O=C(O)C(F)(F)F. The van der Waals surface area contributed by atoms with Gasteiger partial charge in [0.25, 0.3) is 0 Å². The zero-order chi connectivity index (χ0) is 21.4. The van der Waals surface area contributed by atoms with Gasteiger partial charge in [0, 0.05) is 26.7 Å². The van der Waals surface area contributed by atoms with Gasteiger partial charge in [0.05, 0.1) is 12.7 Å². The van der Waals surface area contributed by atoms with Crippen LogP contribution in [-0.4, -0.2) is 73.6 Å². The van der Waals surface area contributed by atoms with Crippen LogP contribution < -0.4 is 5.32 Å². The van der Waals surface area contributed by atoms with Crippen molar-refractivity contribution in [2.24, 2.45) is 5.92 Å². The second kappa shape index (κ2) is 10.9. The first-order chi connectivity index (χ1) is 13.7. The van der Waals surface area contributed by atoms with E-state index in [1.807, 2.05) is 0 Å². The van der Waals surface area contributed by atoms with Gasteiger partial charge in [-0.2, -0.15) is 24.5 Å². The second-order valence-corrected chi connectivity index (χ2v) is 7.68. The van der Waals surface area contributed by atoms with Crippen LogP contribution in [0.4, 0.5) is 13.2 Å². The monoisotopic (exact) mass is 438 g/mol. The Kier molecular flexibility index (Phi) is 8.87. The number of likely N-dealkylation sites (tertiary alicyclic amines) is 1. The van der Waals surface area contributed by atoms with Crippen LogP contribution in [0, 0.1) is 5.92 Å². The number of fused-ring (bicyclic) bond motifs is 1. The molecule has 11 heteroatoms. The van der Waals surface area contributed by atoms with E-state index >= 15 is 0 Å². The number of alkyl halides is 3. The van der Waals surface area contributed by atoms with E-state index in [9.17, 15) is 18.0 Å². The predicted octanol–water partition coefficient (Wildman–Crippen LogP) is 2.12. The summed E-state index contributed by atoms with van der Waals surface area (Å²) in [5, 5.41) is 14.3. The van der Waals surface area contributed by atoms with E-state index in [1.165, 1.54) is 5.56 Å². The maximum Gasteiger partial charge on any atom is 0.490 e. The van der Waals surface area contributed by atoms with Gasteiger partial charge in [-0.05, 0) is 47.7 Å². The van der Waals surface area contributed by atoms with Crippen molar-refractivity contribution in [1.82, 2.24) is 10.2 Å². The number of piperidine rings is 1. The number of carboxylic acids is 1. The summed E-state index contributed by atoms with van der Waals surface area (Å²) >= 11 is 1.74. The molecule has 0 aromatic carbocycles. The summed E-state index contributed by atoms with van der Waals surface area (Å²) in [7, 11) is 1.63. The Morgan fingerprint density at radius 3 is 2.76 bits per heavy atom. The van der Waals surface area contributed by atoms with E-state index < -0.39 is 12.1 Å². The molecular formula is C18H25F3N2O5S. The minimum Gasteiger partial charge on any atom is -0.475 e. The molecule has 0 saturated carbocycles. The van der Waals surface area contributed by atoms with Crippen LogP contribution in [0.2, 0.25) is 0 Å². The van der Waals surface area contributed by atoms with E-state index in [4.69, 9.17) is 19.4 Å². The third-order valence-electron chi connectivity index (χ3n) is 4.76. The lowest BCUT2D eigenvalue weighted by Crippen LogP contribution is -2.42. The van der Waals surface area contributed by atoms with Crippen molar-refractivity contribution in [3.8, 4) is 0 Å². The fourth-order valence-corrected chi connectivity index (χ4v) is 4.00. The number of carbonyl (C=O) groups is 2. The number of hydrogen-bond acceptors (Lipinski definition) is 6. The van der Waals surface area contributed by atoms with Crippen molar-refractivity contribution in [3.05, 3.63) is 22.4 Å². The van der Waals surface area contributed by atoms with Crippen LogP contribution in [0.1, 0.15) is 18.4 Å². The molecule has 164 valence electrons. The highest BCUT2D eigenvalue weighted by molar-refractivity contribution is 7.07. The minimum atomic E-state index is -5.08. The van der Waals surface area contributed by atoms with Crippen molar-refractivity contribution in [1.29, 1.82) is 0 Å². The van der Waals surface area contributed by atoms with Gasteiger partial charge < -0.3 is 19.9 Å². The molecule has 0 radical (unpaired) electrons. The Balaban J connectivity index is 0.000000370. The van der Waals surface area contributed by atoms with Gasteiger partial charge in [-0.1, -0.05) is 0 Å². The number of aliphatic carboxylic acids is 1. The van der Waals surface area contributed by atoms with Crippen molar-refractivity contribution >= 4 is 23.2 Å². The first-order valence-electron chi connectivity index (χ1n) is 9.16. The van der Waals surface area contributed by atoms with E-state index in [2.05, 4.69) is 27.0 Å². The molecule has 0 bridgehead atoms. The van der Waals surface area contributed by atoms with Crippen LogP contribution in [0.3, 0.4) is 0 Å². The van der Waals surface area contributed by atoms with E-state index in [0.717, 1.165) is 32.5 Å². The normalized spacial score (nSPS) is 24.3. The van der Waals surface area contributed by atoms with Crippen LogP contribution in [-0.2, 0) is 25.6 Å². The maximum atomic E-state index is 12.1. The molecule has 1 amide bonds. The van der Waals surface area contributed by atoms with Gasteiger partial charge in [0.1, 0.15) is 6.10 Å². The second-order valence-electron chi connectivity index (χ2n) is 6.90. The lowest BCUT2D eigenvalue weighted by atomic mass is 9.91. The fourth-order valence-electron chi connectivity index (χ4n) is 3.34. The summed E-state index contributed by atoms with van der Waals surface area (Å²) < 4.78 is 42.7. The molecule has 1 aromatic rings. The van der Waals surface area contributed by atoms with Gasteiger partial charge in [0.2, 0.25) is 5.91 Å². The average molecular weight is 438 g/mol. The summed E-state index contributed by atoms with van der Waals surface area (Å²) in [6.45, 7) is 4.11. The largest absolute Gasteiger partial charge is 0.490 e. The lowest BCUT2D eigenvalue weighted by Gasteiger charge is -2.33. The molecule has 3 atom stereocenters. The van der Waals surface area contributed by atoms with Gasteiger partial charge in [-0.25, -0.2) is 4.79 Å². The molecule has 2 aliphatic heterocycles. The number of amides is 1. The van der Waals surface area contributed by atoms with Gasteiger partial charge in [-0.3, -0.25) is 9.69 Å². The fraction of sp³-hybridized carbons (Fsp3) is 0.667. The third-order valence-corrected chi connectivity index (χ3v) is 5.49. The summed E-state index contributed by atoms with van der Waals surface area (Å²) in [4.78, 5) is 23.4. The number of hydrogen-bond donors (Lipinski definition) is 2. The minimum absolute atomic E-state index is 0.0100. The summed E-state index contributed by atoms with van der Waals surface area (Å²) in [5.41, 5.74) is 1.37. The van der Waals surface area contributed by atoms with Crippen molar-refractivity contribution in [2.75, 3.05) is 33.4 Å². The first kappa shape index (κ1) is 23.6. The molecule has 3 heterocycles. The van der Waals surface area contributed by atoms with Gasteiger partial charge in [0.15, 0.2) is 0 Å². The molecular weight excluding hydrogens is 413 g/mol. The number of ether oxygens (including phenoxy) is 2. The highest BCUT2D eigenvalue weighted by Gasteiger charge is 2.41. The van der Waals surface area contributed by atoms with Crippen molar-refractivity contribution < 1.29 is 37.3 Å². The summed E-state index contributed by atoms with van der Waals surface area (Å²) in [5.74, 6) is -2.22. The van der Waals surface area contributed by atoms with Crippen LogP contribution in [0.25, 0.3) is 0 Å². The average Bonchev–Trinajstić information content (AvgIpc) is 3.30. The Labute approximate surface area is 170 Å². The quantitative estimate of drug-likeness (QED) is 0.662. The maximum absolute atomic E-state index is 12.1. The van der Waals surface area contributed by atoms with Gasteiger partial charge in [-0.15, -0.1) is 0 Å². The number of halogens is 3. The smallest absolute Gasteiger partial charge is 0.475 e. The Morgan fingerprint density at radius 2 is 2.17 bits per heavy atom. The molecule has 0 spiro atoms. The summed E-state index contributed by atoms with van der Waals surface area (Å²) in [6.07, 6.45) is -3.19. The van der Waals surface area contributed by atoms with Crippen molar-refractivity contribution in [2.45, 2.75) is 37.8 Å². The van der Waals surface area contributed by atoms with E-state index in [0.29, 0.717) is 19.1 Å². The molecule has 2 N–H and O–H groups in total. The molecule has 0 aliphatic carbocycles. The number of carboxylic acid groups (broad SMARTS) is 1. The first-order valence-corrected chi connectivity index (χ1v) is 10.1. The standard InChI is InChI=1S/C16H24N2O3S.C2HF3O2/c1-20-6-4-17-16(19)14-8-13-2-5-18(10-15(13)21-14)9-12-3-7-22-11-12;3-2(4,5)1(6)7/h3,7,11,13-15H,2,4-6,8-10H2,1H3,(H,17,19);(H,6,7)/t13-,14+,15-;/m0./s1. The topological polar surface area (TPSA) is 88.1 Å². The third kappa shape index (κ3) is 7.57. The number of nitrogens with one attached hydrogen (secondary N) is 1. The number of nitrogens with zero attached hydrogens (tertiary/aromatic N) is 1. The molecule has 3 rings (SSSR count). The number of methoxy groups -OCH3 is 1. The Morgan fingerprint density at radius 1 is 1.45 bits per heavy atom. The zero-order valence-corrected chi connectivity index (χ0v) is 16.8. The summed E-state index contributed by atoms with van der Waals surface area (Å²) in [6, 6.07) is 2.18. The van der Waals surface area contributed by atoms with Crippen molar-refractivity contribution in [3.63, 3.8) is 0 Å². The predicted molar refractivity (Wildman–Crippen MR) is 99.6 cm³/mol. The van der Waals surface area contributed by atoms with Crippen LogP contribution >= 0.6 is 11.3 Å². The number of carbonyl (C=O) groups excluding carboxylic acids is 1. The molecule has 2 aliphatic rings. The lowest BCUT2D eigenvalue weighted by molar-refractivity contribution is -0.192. The number of rotatable bonds is 6. The zero-order valence-electron chi connectivity index (χ0n) is 16.0. The van der Waals surface area contributed by atoms with Gasteiger partial charge >= 0.3 is 12.1 Å². The van der Waals surface area contributed by atoms with E-state index in [-0.39, 0.29) is 18.1 Å². The molecule has 2 fully saturated rings. The van der Waals surface area contributed by atoms with Crippen LogP contribution in [0.15, 0.2) is 16.8 Å².